The second-order valence-corrected chi connectivity index (χ2v) is 15.7. The highest BCUT2D eigenvalue weighted by Crippen LogP contribution is 2.46. The molecule has 0 saturated carbocycles. The van der Waals surface area contributed by atoms with Crippen LogP contribution in [0, 0.1) is 11.3 Å². The van der Waals surface area contributed by atoms with Gasteiger partial charge in [0, 0.05) is 59.4 Å². The first-order valence-corrected chi connectivity index (χ1v) is 20.3. The topological polar surface area (TPSA) is 72.3 Å². The summed E-state index contributed by atoms with van der Waals surface area (Å²) in [4.78, 5) is 15.6. The minimum absolute atomic E-state index is 0.542. The Balaban J connectivity index is 1.20. The average molecular weight is 771 g/mol. The van der Waals surface area contributed by atoms with Crippen LogP contribution in [0.25, 0.3) is 109 Å². The SMILES string of the molecule is N#Cc1ccc(-c2nc(-c3ccccc3)nc(-c3cc(-n4c5ccccc5c5ccccc54)cc4c3sc3c(-n5c6ccccc6c6ccccc65)cccc34)n2)cc1. The van der Waals surface area contributed by atoms with Crippen molar-refractivity contribution < 1.29 is 0 Å². The third kappa shape index (κ3) is 5.14. The van der Waals surface area contributed by atoms with Gasteiger partial charge in [-0.25, -0.2) is 15.0 Å². The number of aromatic nitrogens is 5. The van der Waals surface area contributed by atoms with Crippen LogP contribution in [0.4, 0.5) is 0 Å². The molecule has 4 aromatic heterocycles. The number of benzene rings is 8. The van der Waals surface area contributed by atoms with Crippen LogP contribution in [0.5, 0.6) is 0 Å². The third-order valence-electron chi connectivity index (χ3n) is 11.4. The molecule has 0 fully saturated rings. The molecular formula is C52H30N6S. The highest BCUT2D eigenvalue weighted by molar-refractivity contribution is 7.26. The number of para-hydroxylation sites is 4. The zero-order chi connectivity index (χ0) is 39.0. The van der Waals surface area contributed by atoms with Gasteiger partial charge in [0.2, 0.25) is 0 Å². The van der Waals surface area contributed by atoms with E-state index >= 15 is 0 Å². The van der Waals surface area contributed by atoms with Crippen LogP contribution in [-0.2, 0) is 0 Å². The number of fused-ring (bicyclic) bond motifs is 9. The minimum atomic E-state index is 0.542. The lowest BCUT2D eigenvalue weighted by molar-refractivity contribution is 1.07. The predicted octanol–water partition coefficient (Wildman–Crippen LogP) is 13.3. The Kier molecular flexibility index (Phi) is 7.36. The van der Waals surface area contributed by atoms with Gasteiger partial charge in [-0.3, -0.25) is 0 Å². The van der Waals surface area contributed by atoms with Gasteiger partial charge < -0.3 is 9.13 Å². The van der Waals surface area contributed by atoms with Crippen molar-refractivity contribution in [3.05, 3.63) is 188 Å². The van der Waals surface area contributed by atoms with Crippen molar-refractivity contribution in [2.24, 2.45) is 0 Å². The maximum atomic E-state index is 9.57. The lowest BCUT2D eigenvalue weighted by Gasteiger charge is -2.13. The molecule has 6 nitrogen and oxygen atoms in total. The number of thiophene rings is 1. The van der Waals surface area contributed by atoms with Crippen molar-refractivity contribution in [3.8, 4) is 51.6 Å². The summed E-state index contributed by atoms with van der Waals surface area (Å²) in [6.45, 7) is 0. The monoisotopic (exact) mass is 770 g/mol. The van der Waals surface area contributed by atoms with Crippen molar-refractivity contribution in [2.45, 2.75) is 0 Å². The van der Waals surface area contributed by atoms with Crippen LogP contribution in [-0.4, -0.2) is 24.1 Å². The second-order valence-electron chi connectivity index (χ2n) is 14.7. The molecule has 0 N–H and O–H groups in total. The highest BCUT2D eigenvalue weighted by atomic mass is 32.1. The highest BCUT2D eigenvalue weighted by Gasteiger charge is 2.23. The van der Waals surface area contributed by atoms with Gasteiger partial charge in [0.05, 0.1) is 44.1 Å². The van der Waals surface area contributed by atoms with Crippen molar-refractivity contribution in [1.82, 2.24) is 24.1 Å². The molecule has 0 aliphatic rings. The van der Waals surface area contributed by atoms with E-state index < -0.39 is 0 Å². The summed E-state index contributed by atoms with van der Waals surface area (Å²) in [7, 11) is 0. The average Bonchev–Trinajstić information content (AvgIpc) is 3.97. The van der Waals surface area contributed by atoms with E-state index in [1.807, 2.05) is 54.6 Å². The molecule has 0 amide bonds. The number of hydrogen-bond donors (Lipinski definition) is 0. The van der Waals surface area contributed by atoms with E-state index in [0.29, 0.717) is 23.0 Å². The summed E-state index contributed by atoms with van der Waals surface area (Å²) in [5, 5.41) is 16.7. The number of nitrogens with zero attached hydrogens (tertiary/aromatic N) is 6. The Bertz CT molecular complexity index is 3580. The van der Waals surface area contributed by atoms with Gasteiger partial charge in [0.15, 0.2) is 17.5 Å². The zero-order valence-corrected chi connectivity index (χ0v) is 32.2. The van der Waals surface area contributed by atoms with Gasteiger partial charge in [-0.15, -0.1) is 11.3 Å². The van der Waals surface area contributed by atoms with Gasteiger partial charge in [0.25, 0.3) is 0 Å². The van der Waals surface area contributed by atoms with E-state index in [4.69, 9.17) is 15.0 Å². The third-order valence-corrected chi connectivity index (χ3v) is 12.7. The van der Waals surface area contributed by atoms with E-state index in [0.717, 1.165) is 54.6 Å². The molecule has 7 heteroatoms. The van der Waals surface area contributed by atoms with Crippen LogP contribution < -0.4 is 0 Å². The quantitative estimate of drug-likeness (QED) is 0.175. The van der Waals surface area contributed by atoms with E-state index in [1.165, 1.54) is 37.3 Å². The van der Waals surface area contributed by atoms with Crippen LogP contribution in [0.2, 0.25) is 0 Å². The van der Waals surface area contributed by atoms with Gasteiger partial charge in [-0.05, 0) is 66.7 Å². The van der Waals surface area contributed by atoms with Crippen LogP contribution in [0.15, 0.2) is 182 Å². The molecule has 4 heterocycles. The number of nitriles is 1. The minimum Gasteiger partial charge on any atom is -0.309 e. The lowest BCUT2D eigenvalue weighted by atomic mass is 10.1. The van der Waals surface area contributed by atoms with E-state index in [9.17, 15) is 5.26 Å². The smallest absolute Gasteiger partial charge is 0.165 e. The summed E-state index contributed by atoms with van der Waals surface area (Å²) in [6.07, 6.45) is 0. The van der Waals surface area contributed by atoms with Gasteiger partial charge in [-0.1, -0.05) is 115 Å². The standard InChI is InChI=1S/C52H30N6S/c53-31-32-25-27-34(28-26-32)51-54-50(33-13-2-1-3-14-33)55-52(56-51)42-30-35(57-43-20-8-4-15-36(43)37-16-5-9-21-44(37)57)29-41-40-19-12-24-47(49(40)59-48(41)42)58-45-22-10-6-17-38(45)39-18-7-11-23-46(39)58/h1-30H. The summed E-state index contributed by atoms with van der Waals surface area (Å²) < 4.78 is 7.05. The Morgan fingerprint density at radius 2 is 0.898 bits per heavy atom. The fourth-order valence-corrected chi connectivity index (χ4v) is 10.1. The number of hydrogen-bond acceptors (Lipinski definition) is 5. The molecule has 0 bridgehead atoms. The Morgan fingerprint density at radius 3 is 1.47 bits per heavy atom. The van der Waals surface area contributed by atoms with Crippen LogP contribution >= 0.6 is 11.3 Å². The molecule has 8 aromatic carbocycles. The maximum Gasteiger partial charge on any atom is 0.165 e. The summed E-state index contributed by atoms with van der Waals surface area (Å²) in [5.74, 6) is 1.70. The Morgan fingerprint density at radius 1 is 0.407 bits per heavy atom. The maximum absolute atomic E-state index is 9.57. The fourth-order valence-electron chi connectivity index (χ4n) is 8.76. The Hall–Kier alpha value is -7.92. The van der Waals surface area contributed by atoms with E-state index in [-0.39, 0.29) is 0 Å². The molecule has 12 aromatic rings. The largest absolute Gasteiger partial charge is 0.309 e. The molecule has 274 valence electrons. The van der Waals surface area contributed by atoms with Crippen molar-refractivity contribution in [2.75, 3.05) is 0 Å². The zero-order valence-electron chi connectivity index (χ0n) is 31.4. The first kappa shape index (κ1) is 33.2. The second kappa shape index (κ2) is 13.1. The van der Waals surface area contributed by atoms with Crippen molar-refractivity contribution in [3.63, 3.8) is 0 Å². The lowest BCUT2D eigenvalue weighted by Crippen LogP contribution is -2.01. The molecule has 0 aliphatic heterocycles. The predicted molar refractivity (Wildman–Crippen MR) is 242 cm³/mol. The van der Waals surface area contributed by atoms with E-state index in [1.54, 1.807) is 11.3 Å². The van der Waals surface area contributed by atoms with Crippen LogP contribution in [0.1, 0.15) is 5.56 Å². The van der Waals surface area contributed by atoms with Crippen molar-refractivity contribution in [1.29, 1.82) is 5.26 Å². The van der Waals surface area contributed by atoms with Crippen molar-refractivity contribution >= 4 is 75.1 Å². The molecule has 0 radical (unpaired) electrons. The van der Waals surface area contributed by atoms with Gasteiger partial charge in [-0.2, -0.15) is 5.26 Å². The molecule has 0 unspecified atom stereocenters. The molecule has 59 heavy (non-hydrogen) atoms. The van der Waals surface area contributed by atoms with Crippen LogP contribution in [0.3, 0.4) is 0 Å². The summed E-state index contributed by atoms with van der Waals surface area (Å²) in [6, 6.07) is 65.6. The molecule has 0 atom stereocenters. The first-order chi connectivity index (χ1) is 29.2. The summed E-state index contributed by atoms with van der Waals surface area (Å²) >= 11 is 1.78. The normalized spacial score (nSPS) is 11.7. The summed E-state index contributed by atoms with van der Waals surface area (Å²) in [5.41, 5.74) is 9.95. The number of rotatable bonds is 5. The first-order valence-electron chi connectivity index (χ1n) is 19.5. The molecule has 12 rings (SSSR count). The fraction of sp³-hybridized carbons (Fsp3) is 0. The van der Waals surface area contributed by atoms with E-state index in [2.05, 4.69) is 143 Å². The van der Waals surface area contributed by atoms with Gasteiger partial charge in [0.1, 0.15) is 0 Å². The molecular weight excluding hydrogens is 741 g/mol. The Labute approximate surface area is 342 Å². The molecule has 0 aliphatic carbocycles. The molecule has 0 saturated heterocycles. The van der Waals surface area contributed by atoms with Gasteiger partial charge >= 0.3 is 0 Å². The molecule has 0 spiro atoms.